The number of carbonyl (C=O) groups excluding carboxylic acids is 1. The number of methoxy groups -OCH3 is 1. The van der Waals surface area contributed by atoms with E-state index >= 15 is 0 Å². The number of hydrogen-bond donors (Lipinski definition) is 0. The molecule has 68 valence electrons. The summed E-state index contributed by atoms with van der Waals surface area (Å²) in [5.74, 6) is 1.37. The largest absolute Gasteiger partial charge is 0.497 e. The predicted molar refractivity (Wildman–Crippen MR) is 47.4 cm³/mol. The zero-order chi connectivity index (χ0) is 9.42. The molecule has 1 atom stereocenters. The van der Waals surface area contributed by atoms with Gasteiger partial charge in [0.2, 0.25) is 5.78 Å². The third-order valence-electron chi connectivity index (χ3n) is 2.13. The Morgan fingerprint density at radius 2 is 2.23 bits per heavy atom. The van der Waals surface area contributed by atoms with E-state index in [1.165, 1.54) is 0 Å². The third-order valence-corrected chi connectivity index (χ3v) is 2.13. The summed E-state index contributed by atoms with van der Waals surface area (Å²) in [7, 11) is 1.59. The minimum Gasteiger partial charge on any atom is -0.497 e. The quantitative estimate of drug-likeness (QED) is 0.656. The van der Waals surface area contributed by atoms with Gasteiger partial charge >= 0.3 is 0 Å². The number of hydrogen-bond acceptors (Lipinski definition) is 3. The first-order valence-electron chi connectivity index (χ1n) is 4.11. The number of rotatable bonds is 1. The number of fused-ring (bicyclic) bond motifs is 1. The molecule has 1 aliphatic rings. The first kappa shape index (κ1) is 8.10. The molecule has 0 N–H and O–H groups in total. The van der Waals surface area contributed by atoms with Gasteiger partial charge in [-0.3, -0.25) is 4.79 Å². The van der Waals surface area contributed by atoms with Gasteiger partial charge < -0.3 is 9.47 Å². The van der Waals surface area contributed by atoms with Crippen molar-refractivity contribution in [1.82, 2.24) is 0 Å². The molecule has 1 unspecified atom stereocenters. The molecule has 0 amide bonds. The van der Waals surface area contributed by atoms with Crippen molar-refractivity contribution in [3.63, 3.8) is 0 Å². The Morgan fingerprint density at radius 1 is 1.46 bits per heavy atom. The van der Waals surface area contributed by atoms with E-state index in [0.717, 1.165) is 0 Å². The van der Waals surface area contributed by atoms with Crippen molar-refractivity contribution in [3.05, 3.63) is 23.8 Å². The Morgan fingerprint density at radius 3 is 2.92 bits per heavy atom. The number of ketones is 1. The van der Waals surface area contributed by atoms with Crippen molar-refractivity contribution in [2.45, 2.75) is 13.0 Å². The van der Waals surface area contributed by atoms with Gasteiger partial charge in [0.1, 0.15) is 11.5 Å². The first-order valence-corrected chi connectivity index (χ1v) is 4.11. The lowest BCUT2D eigenvalue weighted by Crippen LogP contribution is -2.14. The van der Waals surface area contributed by atoms with Crippen LogP contribution < -0.4 is 9.47 Å². The van der Waals surface area contributed by atoms with Gasteiger partial charge in [0.25, 0.3) is 0 Å². The average Bonchev–Trinajstić information content (AvgIpc) is 2.42. The van der Waals surface area contributed by atoms with Crippen LogP contribution >= 0.6 is 0 Å². The zero-order valence-corrected chi connectivity index (χ0v) is 7.53. The maximum atomic E-state index is 11.4. The van der Waals surface area contributed by atoms with Crippen molar-refractivity contribution in [1.29, 1.82) is 0 Å². The normalized spacial score (nSPS) is 19.5. The Bertz CT molecular complexity index is 357. The summed E-state index contributed by atoms with van der Waals surface area (Å²) in [5.41, 5.74) is 0.647. The SMILES string of the molecule is COc1ccc2c(c1)OC(C)C2=O. The number of Topliss-reactive ketones (excluding diaryl/α,β-unsaturated/α-hetero) is 1. The van der Waals surface area contributed by atoms with E-state index in [-0.39, 0.29) is 11.9 Å². The molecule has 1 heterocycles. The minimum absolute atomic E-state index is 0.0395. The van der Waals surface area contributed by atoms with Crippen molar-refractivity contribution in [2.75, 3.05) is 7.11 Å². The lowest BCUT2D eigenvalue weighted by molar-refractivity contribution is 0.0878. The van der Waals surface area contributed by atoms with E-state index in [1.54, 1.807) is 32.2 Å². The van der Waals surface area contributed by atoms with Crippen molar-refractivity contribution >= 4 is 5.78 Å². The zero-order valence-electron chi connectivity index (χ0n) is 7.53. The van der Waals surface area contributed by atoms with Crippen LogP contribution in [0.1, 0.15) is 17.3 Å². The van der Waals surface area contributed by atoms with Crippen LogP contribution in [-0.2, 0) is 0 Å². The molecule has 3 heteroatoms. The monoisotopic (exact) mass is 178 g/mol. The summed E-state index contributed by atoms with van der Waals surface area (Å²) in [6, 6.07) is 5.23. The van der Waals surface area contributed by atoms with Crippen molar-refractivity contribution in [3.8, 4) is 11.5 Å². The average molecular weight is 178 g/mol. The van der Waals surface area contributed by atoms with Gasteiger partial charge in [-0.25, -0.2) is 0 Å². The Labute approximate surface area is 76.3 Å². The molecule has 0 aromatic heterocycles. The summed E-state index contributed by atoms with van der Waals surface area (Å²) in [6.45, 7) is 1.74. The molecule has 0 radical (unpaired) electrons. The van der Waals surface area contributed by atoms with E-state index in [2.05, 4.69) is 0 Å². The second kappa shape index (κ2) is 2.76. The lowest BCUT2D eigenvalue weighted by atomic mass is 10.1. The molecule has 0 fully saturated rings. The van der Waals surface area contributed by atoms with E-state index in [9.17, 15) is 4.79 Å². The molecular weight excluding hydrogens is 168 g/mol. The van der Waals surface area contributed by atoms with E-state index in [0.29, 0.717) is 17.1 Å². The van der Waals surface area contributed by atoms with E-state index in [4.69, 9.17) is 9.47 Å². The molecular formula is C10H10O3. The van der Waals surface area contributed by atoms with Crippen LogP contribution in [0.2, 0.25) is 0 Å². The van der Waals surface area contributed by atoms with Crippen molar-refractivity contribution in [2.24, 2.45) is 0 Å². The molecule has 13 heavy (non-hydrogen) atoms. The summed E-state index contributed by atoms with van der Waals surface area (Å²) >= 11 is 0. The van der Waals surface area contributed by atoms with Crippen LogP contribution in [0.4, 0.5) is 0 Å². The van der Waals surface area contributed by atoms with Crippen LogP contribution in [0, 0.1) is 0 Å². The van der Waals surface area contributed by atoms with Crippen LogP contribution in [-0.4, -0.2) is 19.0 Å². The number of ether oxygens (including phenoxy) is 2. The molecule has 1 aliphatic heterocycles. The summed E-state index contributed by atoms with van der Waals surface area (Å²) in [4.78, 5) is 11.4. The van der Waals surface area contributed by atoms with Crippen molar-refractivity contribution < 1.29 is 14.3 Å². The fourth-order valence-corrected chi connectivity index (χ4v) is 1.39. The van der Waals surface area contributed by atoms with Gasteiger partial charge in [-0.15, -0.1) is 0 Å². The fourth-order valence-electron chi connectivity index (χ4n) is 1.39. The van der Waals surface area contributed by atoms with Crippen LogP contribution in [0.5, 0.6) is 11.5 Å². The fraction of sp³-hybridized carbons (Fsp3) is 0.300. The molecule has 1 aromatic carbocycles. The third kappa shape index (κ3) is 1.16. The second-order valence-electron chi connectivity index (χ2n) is 2.99. The molecule has 1 aromatic rings. The maximum absolute atomic E-state index is 11.4. The van der Waals surface area contributed by atoms with Crippen LogP contribution in [0.3, 0.4) is 0 Å². The van der Waals surface area contributed by atoms with E-state index < -0.39 is 0 Å². The van der Waals surface area contributed by atoms with Gasteiger partial charge in [0.05, 0.1) is 12.7 Å². The van der Waals surface area contributed by atoms with Crippen LogP contribution in [0.15, 0.2) is 18.2 Å². The Balaban J connectivity index is 2.46. The lowest BCUT2D eigenvalue weighted by Gasteiger charge is -2.02. The smallest absolute Gasteiger partial charge is 0.206 e. The minimum atomic E-state index is -0.359. The Kier molecular flexibility index (Phi) is 1.72. The molecule has 3 nitrogen and oxygen atoms in total. The highest BCUT2D eigenvalue weighted by Gasteiger charge is 2.28. The highest BCUT2D eigenvalue weighted by atomic mass is 16.5. The summed E-state index contributed by atoms with van der Waals surface area (Å²) in [6.07, 6.45) is -0.359. The van der Waals surface area contributed by atoms with Gasteiger partial charge in [0.15, 0.2) is 6.10 Å². The predicted octanol–water partition coefficient (Wildman–Crippen LogP) is 1.66. The topological polar surface area (TPSA) is 35.5 Å². The van der Waals surface area contributed by atoms with Gasteiger partial charge in [-0.1, -0.05) is 0 Å². The van der Waals surface area contributed by atoms with Crippen LogP contribution in [0.25, 0.3) is 0 Å². The number of benzene rings is 1. The summed E-state index contributed by atoms with van der Waals surface area (Å²) in [5, 5.41) is 0. The molecule has 0 aliphatic carbocycles. The molecule has 0 bridgehead atoms. The Hall–Kier alpha value is -1.51. The van der Waals surface area contributed by atoms with Gasteiger partial charge in [-0.2, -0.15) is 0 Å². The second-order valence-corrected chi connectivity index (χ2v) is 2.99. The standard InChI is InChI=1S/C10H10O3/c1-6-10(11)8-4-3-7(12-2)5-9(8)13-6/h3-6H,1-2H3. The van der Waals surface area contributed by atoms with Gasteiger partial charge in [0, 0.05) is 6.07 Å². The molecule has 0 saturated carbocycles. The molecule has 0 saturated heterocycles. The first-order chi connectivity index (χ1) is 6.22. The molecule has 2 rings (SSSR count). The highest BCUT2D eigenvalue weighted by Crippen LogP contribution is 2.31. The van der Waals surface area contributed by atoms with Gasteiger partial charge in [-0.05, 0) is 19.1 Å². The highest BCUT2D eigenvalue weighted by molar-refractivity contribution is 6.04. The number of carbonyl (C=O) groups is 1. The van der Waals surface area contributed by atoms with E-state index in [1.807, 2.05) is 0 Å². The maximum Gasteiger partial charge on any atom is 0.206 e. The molecule has 0 spiro atoms. The summed E-state index contributed by atoms with van der Waals surface area (Å²) < 4.78 is 10.4.